The molecule has 0 unspecified atom stereocenters. The van der Waals surface area contributed by atoms with Gasteiger partial charge < -0.3 is 10.0 Å². The highest BCUT2D eigenvalue weighted by molar-refractivity contribution is 6.29. The van der Waals surface area contributed by atoms with Crippen LogP contribution in [0.1, 0.15) is 23.2 Å². The predicted molar refractivity (Wildman–Crippen MR) is 69.5 cm³/mol. The first kappa shape index (κ1) is 13.3. The lowest BCUT2D eigenvalue weighted by Crippen LogP contribution is -2.64. The van der Waals surface area contributed by atoms with Crippen LogP contribution in [0, 0.1) is 16.0 Å². The Kier molecular flexibility index (Phi) is 2.91. The van der Waals surface area contributed by atoms with Gasteiger partial charge in [-0.25, -0.2) is 4.98 Å². The van der Waals surface area contributed by atoms with Crippen molar-refractivity contribution in [1.29, 1.82) is 0 Å². The molecule has 0 atom stereocenters. The van der Waals surface area contributed by atoms with Crippen LogP contribution in [0.25, 0.3) is 0 Å². The number of β-amino-alcohol motifs (C(OH)–C–C–N with tert-alkyl or cyclic N) is 1. The highest BCUT2D eigenvalue weighted by atomic mass is 35.5. The minimum Gasteiger partial charge on any atom is -0.386 e. The standard InChI is InChI=1S/C12H12ClN3O4/c13-10-3-8(9(4-14-10)16(19)20)11(17)15-5-12(18,6-15)7-1-2-7/h3-4,7,18H,1-2,5-6H2. The molecule has 8 heteroatoms. The van der Waals surface area contributed by atoms with E-state index in [2.05, 4.69) is 4.98 Å². The van der Waals surface area contributed by atoms with Crippen molar-refractivity contribution < 1.29 is 14.8 Å². The van der Waals surface area contributed by atoms with E-state index in [0.717, 1.165) is 19.0 Å². The van der Waals surface area contributed by atoms with E-state index >= 15 is 0 Å². The molecule has 1 N–H and O–H groups in total. The van der Waals surface area contributed by atoms with Crippen LogP contribution in [-0.2, 0) is 0 Å². The maximum Gasteiger partial charge on any atom is 0.300 e. The topological polar surface area (TPSA) is 96.6 Å². The molecule has 20 heavy (non-hydrogen) atoms. The Hall–Kier alpha value is -1.73. The minimum atomic E-state index is -0.818. The predicted octanol–water partition coefficient (Wildman–Crippen LogP) is 1.24. The number of halogens is 1. The fourth-order valence-corrected chi connectivity index (χ4v) is 2.70. The van der Waals surface area contributed by atoms with Gasteiger partial charge in [-0.3, -0.25) is 14.9 Å². The van der Waals surface area contributed by atoms with E-state index < -0.39 is 16.4 Å². The van der Waals surface area contributed by atoms with Gasteiger partial charge in [-0.05, 0) is 24.8 Å². The molecule has 1 amide bonds. The zero-order valence-electron chi connectivity index (χ0n) is 10.5. The summed E-state index contributed by atoms with van der Waals surface area (Å²) in [6, 6.07) is 1.19. The van der Waals surface area contributed by atoms with Crippen molar-refractivity contribution in [3.8, 4) is 0 Å². The zero-order chi connectivity index (χ0) is 14.5. The van der Waals surface area contributed by atoms with Crippen LogP contribution in [0.3, 0.4) is 0 Å². The summed E-state index contributed by atoms with van der Waals surface area (Å²) in [5.74, 6) is -0.242. The van der Waals surface area contributed by atoms with E-state index in [1.165, 1.54) is 11.0 Å². The van der Waals surface area contributed by atoms with Crippen LogP contribution in [0.5, 0.6) is 0 Å². The van der Waals surface area contributed by atoms with Crippen molar-refractivity contribution in [3.05, 3.63) is 33.1 Å². The zero-order valence-corrected chi connectivity index (χ0v) is 11.2. The largest absolute Gasteiger partial charge is 0.386 e. The SMILES string of the molecule is O=C(c1cc(Cl)ncc1[N+](=O)[O-])N1CC(O)(C2CC2)C1. The molecular formula is C12H12ClN3O4. The number of aliphatic hydroxyl groups is 1. The number of pyridine rings is 1. The van der Waals surface area contributed by atoms with E-state index in [-0.39, 0.29) is 35.4 Å². The Balaban J connectivity index is 1.81. The van der Waals surface area contributed by atoms with E-state index in [1.807, 2.05) is 0 Å². The molecule has 1 aromatic rings. The fourth-order valence-electron chi connectivity index (χ4n) is 2.55. The molecule has 2 aliphatic rings. The third-order valence-electron chi connectivity index (χ3n) is 3.83. The van der Waals surface area contributed by atoms with Gasteiger partial charge in [0.2, 0.25) is 0 Å². The Morgan fingerprint density at radius 2 is 2.20 bits per heavy atom. The van der Waals surface area contributed by atoms with Crippen molar-refractivity contribution in [2.75, 3.05) is 13.1 Å². The number of hydrogen-bond donors (Lipinski definition) is 1. The molecule has 1 aliphatic carbocycles. The lowest BCUT2D eigenvalue weighted by atomic mass is 9.88. The summed E-state index contributed by atoms with van der Waals surface area (Å²) in [5.41, 5.74) is -1.28. The van der Waals surface area contributed by atoms with Gasteiger partial charge in [0, 0.05) is 0 Å². The molecule has 1 saturated carbocycles. The number of rotatable bonds is 3. The highest BCUT2D eigenvalue weighted by Crippen LogP contribution is 2.45. The van der Waals surface area contributed by atoms with Gasteiger partial charge in [0.1, 0.15) is 22.5 Å². The molecular weight excluding hydrogens is 286 g/mol. The van der Waals surface area contributed by atoms with Gasteiger partial charge in [0.15, 0.2) is 0 Å². The first-order valence-corrected chi connectivity index (χ1v) is 6.60. The number of carbonyl (C=O) groups excluding carboxylic acids is 1. The maximum absolute atomic E-state index is 12.3. The number of carbonyl (C=O) groups is 1. The Labute approximate surface area is 119 Å². The summed E-state index contributed by atoms with van der Waals surface area (Å²) >= 11 is 5.69. The third kappa shape index (κ3) is 2.12. The minimum absolute atomic E-state index is 0.0249. The Bertz CT molecular complexity index is 596. The number of amides is 1. The number of aromatic nitrogens is 1. The van der Waals surface area contributed by atoms with Crippen molar-refractivity contribution in [2.45, 2.75) is 18.4 Å². The van der Waals surface area contributed by atoms with Gasteiger partial charge in [-0.15, -0.1) is 0 Å². The van der Waals surface area contributed by atoms with E-state index in [0.29, 0.717) is 0 Å². The van der Waals surface area contributed by atoms with Crippen LogP contribution >= 0.6 is 11.6 Å². The maximum atomic E-state index is 12.3. The van der Waals surface area contributed by atoms with Crippen molar-refractivity contribution in [1.82, 2.24) is 9.88 Å². The summed E-state index contributed by atoms with van der Waals surface area (Å²) in [4.78, 5) is 27.5. The monoisotopic (exact) mass is 297 g/mol. The van der Waals surface area contributed by atoms with Crippen LogP contribution in [0.2, 0.25) is 5.15 Å². The summed E-state index contributed by atoms with van der Waals surface area (Å²) < 4.78 is 0. The summed E-state index contributed by atoms with van der Waals surface area (Å²) in [6.45, 7) is 0.432. The molecule has 1 aliphatic heterocycles. The van der Waals surface area contributed by atoms with Gasteiger partial charge in [0.25, 0.3) is 11.6 Å². The van der Waals surface area contributed by atoms with Crippen molar-refractivity contribution in [2.24, 2.45) is 5.92 Å². The van der Waals surface area contributed by atoms with Crippen LogP contribution in [0.15, 0.2) is 12.3 Å². The molecule has 0 radical (unpaired) electrons. The molecule has 0 spiro atoms. The van der Waals surface area contributed by atoms with E-state index in [1.54, 1.807) is 0 Å². The second-order valence-corrected chi connectivity index (χ2v) is 5.71. The number of nitrogens with zero attached hydrogens (tertiary/aromatic N) is 3. The van der Waals surface area contributed by atoms with Gasteiger partial charge >= 0.3 is 0 Å². The smallest absolute Gasteiger partial charge is 0.300 e. The number of hydrogen-bond acceptors (Lipinski definition) is 5. The van der Waals surface area contributed by atoms with Crippen LogP contribution in [0.4, 0.5) is 5.69 Å². The van der Waals surface area contributed by atoms with Gasteiger partial charge in [-0.1, -0.05) is 11.6 Å². The lowest BCUT2D eigenvalue weighted by Gasteiger charge is -2.46. The Morgan fingerprint density at radius 3 is 2.75 bits per heavy atom. The normalized spacial score (nSPS) is 20.4. The summed E-state index contributed by atoms with van der Waals surface area (Å²) in [5, 5.41) is 21.1. The molecule has 106 valence electrons. The molecule has 2 fully saturated rings. The van der Waals surface area contributed by atoms with Gasteiger partial charge in [0.05, 0.1) is 18.0 Å². The first-order chi connectivity index (χ1) is 9.40. The van der Waals surface area contributed by atoms with Crippen LogP contribution < -0.4 is 0 Å². The molecule has 0 bridgehead atoms. The van der Waals surface area contributed by atoms with Crippen LogP contribution in [-0.4, -0.2) is 44.5 Å². The molecule has 0 aromatic carbocycles. The number of likely N-dealkylation sites (tertiary alicyclic amines) is 1. The average molecular weight is 298 g/mol. The summed E-state index contributed by atoms with van der Waals surface area (Å²) in [6.07, 6.45) is 2.92. The molecule has 7 nitrogen and oxygen atoms in total. The Morgan fingerprint density at radius 1 is 1.55 bits per heavy atom. The quantitative estimate of drug-likeness (QED) is 0.514. The molecule has 1 aromatic heterocycles. The average Bonchev–Trinajstić information content (AvgIpc) is 3.18. The third-order valence-corrected chi connectivity index (χ3v) is 4.04. The fraction of sp³-hybridized carbons (Fsp3) is 0.500. The molecule has 2 heterocycles. The van der Waals surface area contributed by atoms with Crippen molar-refractivity contribution >= 4 is 23.2 Å². The summed E-state index contributed by atoms with van der Waals surface area (Å²) in [7, 11) is 0. The molecule has 3 rings (SSSR count). The second-order valence-electron chi connectivity index (χ2n) is 5.32. The first-order valence-electron chi connectivity index (χ1n) is 6.22. The highest BCUT2D eigenvalue weighted by Gasteiger charge is 2.53. The van der Waals surface area contributed by atoms with E-state index in [9.17, 15) is 20.0 Å². The second kappa shape index (κ2) is 4.39. The van der Waals surface area contributed by atoms with Crippen molar-refractivity contribution in [3.63, 3.8) is 0 Å². The van der Waals surface area contributed by atoms with E-state index in [4.69, 9.17) is 11.6 Å². The van der Waals surface area contributed by atoms with Gasteiger partial charge in [-0.2, -0.15) is 0 Å². The number of nitro groups is 1. The lowest BCUT2D eigenvalue weighted by molar-refractivity contribution is -0.385. The molecule has 1 saturated heterocycles.